The minimum absolute atomic E-state index is 0.327. The fraction of sp³-hybridized carbons (Fsp3) is 0.211. The summed E-state index contributed by atoms with van der Waals surface area (Å²) < 4.78 is 8.74. The number of thiazole rings is 1. The van der Waals surface area contributed by atoms with Gasteiger partial charge in [-0.3, -0.25) is 4.57 Å². The third kappa shape index (κ3) is 3.45. The molecule has 1 atom stereocenters. The van der Waals surface area contributed by atoms with E-state index in [-0.39, 0.29) is 0 Å². The van der Waals surface area contributed by atoms with Crippen molar-refractivity contribution in [3.8, 4) is 11.6 Å². The largest absolute Gasteiger partial charge is 0.461 e. The van der Waals surface area contributed by atoms with Gasteiger partial charge in [-0.05, 0) is 24.3 Å². The number of hydrogen-bond acceptors (Lipinski definition) is 6. The summed E-state index contributed by atoms with van der Waals surface area (Å²) >= 11 is 3.45. The molecule has 132 valence electrons. The third-order valence-electron chi connectivity index (χ3n) is 3.88. The number of allylic oxidation sites excluding steroid dienone is 1. The quantitative estimate of drug-likeness (QED) is 0.330. The Kier molecular flexibility index (Phi) is 4.90. The minimum atomic E-state index is 0.327. The molecule has 4 rings (SSSR count). The molecule has 3 heterocycles. The molecule has 0 amide bonds. The van der Waals surface area contributed by atoms with Crippen LogP contribution in [0, 0.1) is 0 Å². The summed E-state index contributed by atoms with van der Waals surface area (Å²) in [4.78, 5) is 4.73. The maximum atomic E-state index is 5.48. The molecule has 0 aliphatic carbocycles. The molecule has 0 unspecified atom stereocenters. The van der Waals surface area contributed by atoms with E-state index in [1.54, 1.807) is 29.4 Å². The summed E-state index contributed by atoms with van der Waals surface area (Å²) in [7, 11) is 0. The van der Waals surface area contributed by atoms with Gasteiger partial charge in [0.2, 0.25) is 5.82 Å². The molecule has 3 aromatic heterocycles. The van der Waals surface area contributed by atoms with Gasteiger partial charge in [-0.2, -0.15) is 0 Å². The smallest absolute Gasteiger partial charge is 0.200 e. The molecular weight excluding hydrogens is 364 g/mol. The molecule has 0 bridgehead atoms. The van der Waals surface area contributed by atoms with E-state index in [1.165, 1.54) is 4.70 Å². The Morgan fingerprint density at radius 3 is 2.92 bits per heavy atom. The van der Waals surface area contributed by atoms with E-state index in [4.69, 9.17) is 9.40 Å². The number of para-hydroxylation sites is 1. The Morgan fingerprint density at radius 1 is 1.27 bits per heavy atom. The van der Waals surface area contributed by atoms with Crippen LogP contribution < -0.4 is 0 Å². The standard InChI is InChI=1S/C19H18N4OS2/c1-3-10-23-18(15-8-6-11-24-15)21-22-19(23)25-13(2)12-17-20-14-7-4-5-9-16(14)26-17/h3-9,11,13H,1,10,12H2,2H3/t13-/m1/s1. The number of nitrogens with zero attached hydrogens (tertiary/aromatic N) is 4. The first kappa shape index (κ1) is 17.1. The minimum Gasteiger partial charge on any atom is -0.461 e. The fourth-order valence-corrected chi connectivity index (χ4v) is 4.91. The predicted molar refractivity (Wildman–Crippen MR) is 107 cm³/mol. The summed E-state index contributed by atoms with van der Waals surface area (Å²) in [6.07, 6.45) is 4.38. The molecule has 0 fully saturated rings. The van der Waals surface area contributed by atoms with Gasteiger partial charge in [0, 0.05) is 18.2 Å². The maximum Gasteiger partial charge on any atom is 0.200 e. The summed E-state index contributed by atoms with van der Waals surface area (Å²) in [6.45, 7) is 6.67. The van der Waals surface area contributed by atoms with Gasteiger partial charge in [0.05, 0.1) is 21.5 Å². The molecule has 5 nitrogen and oxygen atoms in total. The van der Waals surface area contributed by atoms with Crippen LogP contribution in [0.3, 0.4) is 0 Å². The van der Waals surface area contributed by atoms with E-state index in [2.05, 4.69) is 41.9 Å². The summed E-state index contributed by atoms with van der Waals surface area (Å²) in [6, 6.07) is 12.0. The summed E-state index contributed by atoms with van der Waals surface area (Å²) in [5.74, 6) is 1.44. The Labute approximate surface area is 159 Å². The number of fused-ring (bicyclic) bond motifs is 1. The number of hydrogen-bond donors (Lipinski definition) is 0. The lowest BCUT2D eigenvalue weighted by atomic mass is 10.3. The normalized spacial score (nSPS) is 12.5. The molecule has 0 saturated heterocycles. The van der Waals surface area contributed by atoms with Crippen molar-refractivity contribution in [1.29, 1.82) is 0 Å². The lowest BCUT2D eigenvalue weighted by molar-refractivity contribution is 0.569. The molecule has 0 aliphatic heterocycles. The van der Waals surface area contributed by atoms with Crippen molar-refractivity contribution in [2.24, 2.45) is 0 Å². The summed E-state index contributed by atoms with van der Waals surface area (Å²) in [5.41, 5.74) is 1.07. The van der Waals surface area contributed by atoms with Crippen LogP contribution >= 0.6 is 23.1 Å². The molecule has 26 heavy (non-hydrogen) atoms. The molecule has 0 saturated carbocycles. The SMILES string of the molecule is C=CCn1c(S[C@H](C)Cc2nc3ccccc3s2)nnc1-c1ccco1. The van der Waals surface area contributed by atoms with E-state index in [1.807, 2.05) is 28.8 Å². The van der Waals surface area contributed by atoms with Crippen molar-refractivity contribution >= 4 is 33.3 Å². The highest BCUT2D eigenvalue weighted by atomic mass is 32.2. The van der Waals surface area contributed by atoms with Gasteiger partial charge in [-0.15, -0.1) is 28.1 Å². The zero-order valence-corrected chi connectivity index (χ0v) is 16.0. The van der Waals surface area contributed by atoms with Crippen LogP contribution in [0.1, 0.15) is 11.9 Å². The van der Waals surface area contributed by atoms with Crippen molar-refractivity contribution in [1.82, 2.24) is 19.7 Å². The van der Waals surface area contributed by atoms with Crippen molar-refractivity contribution in [2.75, 3.05) is 0 Å². The number of furan rings is 1. The number of rotatable bonds is 7. The monoisotopic (exact) mass is 382 g/mol. The Morgan fingerprint density at radius 2 is 2.15 bits per heavy atom. The van der Waals surface area contributed by atoms with Crippen LogP contribution in [-0.2, 0) is 13.0 Å². The molecule has 0 N–H and O–H groups in total. The fourth-order valence-electron chi connectivity index (χ4n) is 2.73. The number of aromatic nitrogens is 4. The van der Waals surface area contributed by atoms with E-state index in [0.29, 0.717) is 17.6 Å². The van der Waals surface area contributed by atoms with Gasteiger partial charge in [0.15, 0.2) is 10.9 Å². The van der Waals surface area contributed by atoms with Gasteiger partial charge >= 0.3 is 0 Å². The third-order valence-corrected chi connectivity index (χ3v) is 6.02. The molecule has 7 heteroatoms. The first-order chi connectivity index (χ1) is 12.7. The molecule has 4 aromatic rings. The lowest BCUT2D eigenvalue weighted by Gasteiger charge is -2.10. The van der Waals surface area contributed by atoms with Crippen molar-refractivity contribution in [2.45, 2.75) is 30.3 Å². The summed E-state index contributed by atoms with van der Waals surface area (Å²) in [5, 5.41) is 11.0. The topological polar surface area (TPSA) is 56.7 Å². The van der Waals surface area contributed by atoms with Gasteiger partial charge in [-0.25, -0.2) is 4.98 Å². The Hall–Kier alpha value is -2.38. The zero-order chi connectivity index (χ0) is 17.9. The van der Waals surface area contributed by atoms with Gasteiger partial charge in [0.1, 0.15) is 0 Å². The average Bonchev–Trinajstić information content (AvgIpc) is 3.35. The highest BCUT2D eigenvalue weighted by molar-refractivity contribution is 7.99. The number of benzene rings is 1. The highest BCUT2D eigenvalue weighted by Gasteiger charge is 2.18. The van der Waals surface area contributed by atoms with E-state index < -0.39 is 0 Å². The average molecular weight is 383 g/mol. The van der Waals surface area contributed by atoms with Gasteiger partial charge in [0.25, 0.3) is 0 Å². The second-order valence-corrected chi connectivity index (χ2v) is 8.41. The number of thioether (sulfide) groups is 1. The van der Waals surface area contributed by atoms with Crippen LogP contribution in [0.25, 0.3) is 21.8 Å². The van der Waals surface area contributed by atoms with E-state index >= 15 is 0 Å². The second kappa shape index (κ2) is 7.47. The van der Waals surface area contributed by atoms with Crippen molar-refractivity contribution < 1.29 is 4.42 Å². The van der Waals surface area contributed by atoms with E-state index in [0.717, 1.165) is 27.9 Å². The molecule has 1 aromatic carbocycles. The molecule has 0 radical (unpaired) electrons. The van der Waals surface area contributed by atoms with E-state index in [9.17, 15) is 0 Å². The lowest BCUT2D eigenvalue weighted by Crippen LogP contribution is -2.06. The zero-order valence-electron chi connectivity index (χ0n) is 14.3. The highest BCUT2D eigenvalue weighted by Crippen LogP contribution is 2.30. The predicted octanol–water partition coefficient (Wildman–Crippen LogP) is 5.06. The van der Waals surface area contributed by atoms with Crippen LogP contribution in [-0.4, -0.2) is 25.0 Å². The maximum absolute atomic E-state index is 5.48. The molecular formula is C19H18N4OS2. The van der Waals surface area contributed by atoms with Crippen molar-refractivity contribution in [3.63, 3.8) is 0 Å². The second-order valence-electron chi connectivity index (χ2n) is 5.89. The Balaban J connectivity index is 1.53. The Bertz CT molecular complexity index is 986. The molecule has 0 spiro atoms. The van der Waals surface area contributed by atoms with Crippen LogP contribution in [0.5, 0.6) is 0 Å². The van der Waals surface area contributed by atoms with Crippen LogP contribution in [0.2, 0.25) is 0 Å². The first-order valence-electron chi connectivity index (χ1n) is 8.33. The van der Waals surface area contributed by atoms with Crippen molar-refractivity contribution in [3.05, 3.63) is 60.3 Å². The van der Waals surface area contributed by atoms with Crippen LogP contribution in [0.15, 0.2) is 64.9 Å². The molecule has 0 aliphatic rings. The van der Waals surface area contributed by atoms with Crippen LogP contribution in [0.4, 0.5) is 0 Å². The van der Waals surface area contributed by atoms with Gasteiger partial charge < -0.3 is 4.42 Å². The first-order valence-corrected chi connectivity index (χ1v) is 10.0. The van der Waals surface area contributed by atoms with Gasteiger partial charge in [-0.1, -0.05) is 36.9 Å².